The highest BCUT2D eigenvalue weighted by molar-refractivity contribution is 5.89. The molecule has 0 radical (unpaired) electrons. The molecule has 1 unspecified atom stereocenters. The summed E-state index contributed by atoms with van der Waals surface area (Å²) in [6.07, 6.45) is 0.142. The highest BCUT2D eigenvalue weighted by Crippen LogP contribution is 2.01. The summed E-state index contributed by atoms with van der Waals surface area (Å²) in [4.78, 5) is 34.1. The number of carbonyl (C=O) groups is 3. The normalized spacial score (nSPS) is 11.7. The van der Waals surface area contributed by atoms with Gasteiger partial charge in [-0.05, 0) is 5.56 Å². The Hall–Kier alpha value is -2.21. The summed E-state index contributed by atoms with van der Waals surface area (Å²) < 4.78 is 5.07. The van der Waals surface area contributed by atoms with Gasteiger partial charge in [0.25, 0.3) is 0 Å². The van der Waals surface area contributed by atoms with E-state index in [1.54, 1.807) is 6.92 Å². The van der Waals surface area contributed by atoms with Crippen LogP contribution in [0.5, 0.6) is 0 Å². The Morgan fingerprint density at radius 3 is 2.48 bits per heavy atom. The van der Waals surface area contributed by atoms with E-state index in [1.165, 1.54) is 0 Å². The van der Waals surface area contributed by atoms with Crippen LogP contribution >= 0.6 is 0 Å². The number of Topliss-reactive ketones (excluding diaryl/α,β-unsaturated/α-hetero) is 1. The van der Waals surface area contributed by atoms with Gasteiger partial charge in [0.1, 0.15) is 12.4 Å². The van der Waals surface area contributed by atoms with Crippen molar-refractivity contribution < 1.29 is 19.1 Å². The number of nitrogens with one attached hydrogen (secondary N) is 1. The van der Waals surface area contributed by atoms with Crippen molar-refractivity contribution >= 4 is 17.7 Å². The van der Waals surface area contributed by atoms with Crippen LogP contribution < -0.4 is 11.1 Å². The standard InChI is InChI=1S/C15H20N2O4/c1-2-13(18)12(8-14(16)19)17-9-15(20)21-10-11-6-4-3-5-7-11/h3-7,12,17H,2,8-10H2,1H3,(H2,16,19). The lowest BCUT2D eigenvalue weighted by molar-refractivity contribution is -0.144. The first-order valence-electron chi connectivity index (χ1n) is 6.77. The van der Waals surface area contributed by atoms with E-state index in [9.17, 15) is 14.4 Å². The van der Waals surface area contributed by atoms with Crippen molar-refractivity contribution in [2.75, 3.05) is 6.54 Å². The summed E-state index contributed by atoms with van der Waals surface area (Å²) in [6, 6.07) is 8.53. The van der Waals surface area contributed by atoms with E-state index < -0.39 is 17.9 Å². The zero-order chi connectivity index (χ0) is 15.7. The molecule has 6 heteroatoms. The van der Waals surface area contributed by atoms with Crippen molar-refractivity contribution in [1.29, 1.82) is 0 Å². The quantitative estimate of drug-likeness (QED) is 0.647. The zero-order valence-corrected chi connectivity index (χ0v) is 12.0. The fourth-order valence-electron chi connectivity index (χ4n) is 1.74. The predicted octanol–water partition coefficient (Wildman–Crippen LogP) is 0.543. The third-order valence-electron chi connectivity index (χ3n) is 2.88. The molecule has 1 aromatic carbocycles. The van der Waals surface area contributed by atoms with Crippen molar-refractivity contribution in [3.05, 3.63) is 35.9 Å². The summed E-state index contributed by atoms with van der Waals surface area (Å²) in [5, 5.41) is 2.71. The first-order valence-corrected chi connectivity index (χ1v) is 6.77. The second-order valence-electron chi connectivity index (χ2n) is 4.57. The van der Waals surface area contributed by atoms with Crippen LogP contribution in [0, 0.1) is 0 Å². The van der Waals surface area contributed by atoms with Gasteiger partial charge in [0.15, 0.2) is 0 Å². The first kappa shape index (κ1) is 16.8. The Balaban J connectivity index is 2.39. The van der Waals surface area contributed by atoms with Crippen molar-refractivity contribution in [2.45, 2.75) is 32.4 Å². The van der Waals surface area contributed by atoms with Gasteiger partial charge in [0.05, 0.1) is 12.6 Å². The van der Waals surface area contributed by atoms with Crippen molar-refractivity contribution in [2.24, 2.45) is 5.73 Å². The van der Waals surface area contributed by atoms with Crippen molar-refractivity contribution in [1.82, 2.24) is 5.32 Å². The smallest absolute Gasteiger partial charge is 0.320 e. The lowest BCUT2D eigenvalue weighted by Crippen LogP contribution is -2.42. The van der Waals surface area contributed by atoms with Gasteiger partial charge in [-0.1, -0.05) is 37.3 Å². The highest BCUT2D eigenvalue weighted by atomic mass is 16.5. The van der Waals surface area contributed by atoms with Gasteiger partial charge in [-0.2, -0.15) is 0 Å². The van der Waals surface area contributed by atoms with Crippen molar-refractivity contribution in [3.63, 3.8) is 0 Å². The van der Waals surface area contributed by atoms with Crippen molar-refractivity contribution in [3.8, 4) is 0 Å². The molecule has 0 aliphatic rings. The van der Waals surface area contributed by atoms with E-state index in [2.05, 4.69) is 5.32 Å². The van der Waals surface area contributed by atoms with Gasteiger partial charge < -0.3 is 10.5 Å². The molecule has 0 saturated carbocycles. The number of ether oxygens (including phenoxy) is 1. The molecule has 0 spiro atoms. The third kappa shape index (κ3) is 6.67. The Bertz CT molecular complexity index is 488. The van der Waals surface area contributed by atoms with E-state index in [0.717, 1.165) is 5.56 Å². The Morgan fingerprint density at radius 1 is 1.24 bits per heavy atom. The van der Waals surface area contributed by atoms with Crippen LogP contribution in [0.1, 0.15) is 25.3 Å². The molecule has 0 heterocycles. The predicted molar refractivity (Wildman–Crippen MR) is 77.1 cm³/mol. The largest absolute Gasteiger partial charge is 0.460 e. The minimum Gasteiger partial charge on any atom is -0.460 e. The summed E-state index contributed by atoms with van der Waals surface area (Å²) in [7, 11) is 0. The number of carbonyl (C=O) groups excluding carboxylic acids is 3. The maximum absolute atomic E-state index is 11.6. The number of primary amides is 1. The molecule has 0 aromatic heterocycles. The SMILES string of the molecule is CCC(=O)C(CC(N)=O)NCC(=O)OCc1ccccc1. The third-order valence-corrected chi connectivity index (χ3v) is 2.88. The molecule has 6 nitrogen and oxygen atoms in total. The molecule has 1 rings (SSSR count). The number of nitrogens with two attached hydrogens (primary N) is 1. The average Bonchev–Trinajstić information content (AvgIpc) is 2.49. The number of amides is 1. The number of hydrogen-bond donors (Lipinski definition) is 2. The van der Waals surface area contributed by atoms with Gasteiger partial charge in [0, 0.05) is 12.8 Å². The molecule has 0 fully saturated rings. The molecule has 0 aliphatic carbocycles. The minimum absolute atomic E-state index is 0.126. The number of ketones is 1. The molecule has 1 atom stereocenters. The number of esters is 1. The Morgan fingerprint density at radius 2 is 1.90 bits per heavy atom. The Kier molecular flexibility index (Phi) is 7.11. The maximum Gasteiger partial charge on any atom is 0.320 e. The average molecular weight is 292 g/mol. The van der Waals surface area contributed by atoms with E-state index in [0.29, 0.717) is 0 Å². The van der Waals surface area contributed by atoms with Gasteiger partial charge >= 0.3 is 5.97 Å². The van der Waals surface area contributed by atoms with E-state index >= 15 is 0 Å². The minimum atomic E-state index is -0.739. The number of hydrogen-bond acceptors (Lipinski definition) is 5. The fraction of sp³-hybridized carbons (Fsp3) is 0.400. The second-order valence-corrected chi connectivity index (χ2v) is 4.57. The lowest BCUT2D eigenvalue weighted by Gasteiger charge is -2.14. The van der Waals surface area contributed by atoms with Gasteiger partial charge in [-0.15, -0.1) is 0 Å². The molecule has 0 saturated heterocycles. The van der Waals surface area contributed by atoms with Gasteiger partial charge in [-0.25, -0.2) is 0 Å². The van der Waals surface area contributed by atoms with E-state index in [-0.39, 0.29) is 31.8 Å². The molecule has 21 heavy (non-hydrogen) atoms. The second kappa shape index (κ2) is 8.86. The molecular weight excluding hydrogens is 272 g/mol. The molecule has 1 amide bonds. The molecule has 1 aromatic rings. The first-order chi connectivity index (χ1) is 10.0. The fourth-order valence-corrected chi connectivity index (χ4v) is 1.74. The lowest BCUT2D eigenvalue weighted by atomic mass is 10.1. The maximum atomic E-state index is 11.6. The van der Waals surface area contributed by atoms with Crippen LogP contribution in [0.15, 0.2) is 30.3 Å². The van der Waals surface area contributed by atoms with Crippen LogP contribution in [0.25, 0.3) is 0 Å². The van der Waals surface area contributed by atoms with Crippen LogP contribution in [0.4, 0.5) is 0 Å². The monoisotopic (exact) mass is 292 g/mol. The van der Waals surface area contributed by atoms with Crippen LogP contribution in [0.2, 0.25) is 0 Å². The number of rotatable bonds is 9. The molecule has 0 aliphatic heterocycles. The van der Waals surface area contributed by atoms with Crippen LogP contribution in [-0.2, 0) is 25.7 Å². The highest BCUT2D eigenvalue weighted by Gasteiger charge is 2.19. The van der Waals surface area contributed by atoms with Gasteiger partial charge in [-0.3, -0.25) is 19.7 Å². The molecule has 0 bridgehead atoms. The summed E-state index contributed by atoms with van der Waals surface area (Å²) >= 11 is 0. The summed E-state index contributed by atoms with van der Waals surface area (Å²) in [6.45, 7) is 1.71. The van der Waals surface area contributed by atoms with Crippen LogP contribution in [0.3, 0.4) is 0 Å². The molecule has 3 N–H and O–H groups in total. The topological polar surface area (TPSA) is 98.5 Å². The summed E-state index contributed by atoms with van der Waals surface area (Å²) in [5.74, 6) is -1.24. The molecule has 114 valence electrons. The van der Waals surface area contributed by atoms with E-state index in [4.69, 9.17) is 10.5 Å². The molecular formula is C15H20N2O4. The number of benzene rings is 1. The van der Waals surface area contributed by atoms with Crippen LogP contribution in [-0.4, -0.2) is 30.2 Å². The zero-order valence-electron chi connectivity index (χ0n) is 12.0. The summed E-state index contributed by atoms with van der Waals surface area (Å²) in [5.41, 5.74) is 5.96. The Labute approximate surface area is 123 Å². The van der Waals surface area contributed by atoms with Gasteiger partial charge in [0.2, 0.25) is 5.91 Å². The van der Waals surface area contributed by atoms with E-state index in [1.807, 2.05) is 30.3 Å².